The molecule has 34 heavy (non-hydrogen) atoms. The number of carbonyl (C=O) groups excluding carboxylic acids is 2. The van der Waals surface area contributed by atoms with Gasteiger partial charge in [-0.2, -0.15) is 0 Å². The average Bonchev–Trinajstić information content (AvgIpc) is 3.44. The number of amides is 1. The molecule has 0 spiro atoms. The summed E-state index contributed by atoms with van der Waals surface area (Å²) in [5, 5.41) is 12.0. The Bertz CT molecular complexity index is 1290. The predicted octanol–water partition coefficient (Wildman–Crippen LogP) is 4.90. The maximum atomic E-state index is 13.0. The first kappa shape index (κ1) is 23.7. The predicted molar refractivity (Wildman–Crippen MR) is 134 cm³/mol. The summed E-state index contributed by atoms with van der Waals surface area (Å²) < 4.78 is 7.04. The number of aromatic nitrogens is 4. The third kappa shape index (κ3) is 5.18. The molecule has 1 amide bonds. The first-order chi connectivity index (χ1) is 16.5. The minimum Gasteiger partial charge on any atom is -0.462 e. The quantitative estimate of drug-likeness (QED) is 0.275. The van der Waals surface area contributed by atoms with Gasteiger partial charge in [0, 0.05) is 29.9 Å². The fraction of sp³-hybridized carbons (Fsp3) is 0.208. The van der Waals surface area contributed by atoms with Crippen molar-refractivity contribution >= 4 is 40.0 Å². The van der Waals surface area contributed by atoms with Crippen LogP contribution < -0.4 is 5.32 Å². The number of pyridine rings is 1. The molecule has 0 saturated carbocycles. The van der Waals surface area contributed by atoms with Crippen LogP contribution in [0.1, 0.15) is 24.2 Å². The van der Waals surface area contributed by atoms with E-state index in [2.05, 4.69) is 20.5 Å². The summed E-state index contributed by atoms with van der Waals surface area (Å²) in [4.78, 5) is 30.5. The molecule has 3 heterocycles. The van der Waals surface area contributed by atoms with E-state index in [4.69, 9.17) is 4.74 Å². The number of hydrogen-bond acceptors (Lipinski definition) is 8. The molecule has 0 unspecified atom stereocenters. The Labute approximate surface area is 205 Å². The number of hydrogen-bond donors (Lipinski definition) is 1. The monoisotopic (exact) mass is 493 g/mol. The fourth-order valence-electron chi connectivity index (χ4n) is 3.18. The van der Waals surface area contributed by atoms with Crippen molar-refractivity contribution in [2.45, 2.75) is 24.3 Å². The molecule has 10 heteroatoms. The topological polar surface area (TPSA) is 99.0 Å². The lowest BCUT2D eigenvalue weighted by atomic mass is 10.1. The van der Waals surface area contributed by atoms with Gasteiger partial charge in [-0.1, -0.05) is 42.1 Å². The Morgan fingerprint density at radius 2 is 1.85 bits per heavy atom. The minimum atomic E-state index is -0.481. The number of ether oxygens (including phenoxy) is 1. The van der Waals surface area contributed by atoms with Gasteiger partial charge in [-0.3, -0.25) is 9.78 Å². The van der Waals surface area contributed by atoms with E-state index in [1.165, 1.54) is 23.1 Å². The standard InChI is InChI=1S/C24H23N5O3S2/c1-4-32-23(31)18-14-19(16-8-6-5-7-9-16)34-22(18)26-21(30)15(2)33-24-28-27-20(29(24)3)17-10-12-25-13-11-17/h5-15H,4H2,1-3H3,(H,26,30)/t15-/m0/s1. The number of carbonyl (C=O) groups is 2. The van der Waals surface area contributed by atoms with Crippen LogP contribution in [0.2, 0.25) is 0 Å². The van der Waals surface area contributed by atoms with Crippen LogP contribution in [0.5, 0.6) is 0 Å². The van der Waals surface area contributed by atoms with E-state index in [-0.39, 0.29) is 12.5 Å². The van der Waals surface area contributed by atoms with Crippen LogP contribution in [0.3, 0.4) is 0 Å². The maximum absolute atomic E-state index is 13.0. The lowest BCUT2D eigenvalue weighted by molar-refractivity contribution is -0.115. The Balaban J connectivity index is 1.52. The highest BCUT2D eigenvalue weighted by Crippen LogP contribution is 2.36. The second-order valence-corrected chi connectivity index (χ2v) is 9.65. The summed E-state index contributed by atoms with van der Waals surface area (Å²) in [6.45, 7) is 3.79. The van der Waals surface area contributed by atoms with E-state index >= 15 is 0 Å². The summed E-state index contributed by atoms with van der Waals surface area (Å²) in [5.74, 6) is -0.0230. The second kappa shape index (κ2) is 10.6. The van der Waals surface area contributed by atoms with Crippen LogP contribution >= 0.6 is 23.1 Å². The lowest BCUT2D eigenvalue weighted by Gasteiger charge is -2.12. The highest BCUT2D eigenvalue weighted by molar-refractivity contribution is 8.00. The van der Waals surface area contributed by atoms with E-state index in [0.29, 0.717) is 21.5 Å². The van der Waals surface area contributed by atoms with Crippen LogP contribution in [0.4, 0.5) is 5.00 Å². The average molecular weight is 494 g/mol. The molecule has 1 aromatic carbocycles. The number of nitrogens with zero attached hydrogens (tertiary/aromatic N) is 4. The van der Waals surface area contributed by atoms with Crippen molar-refractivity contribution in [3.63, 3.8) is 0 Å². The van der Waals surface area contributed by atoms with Gasteiger partial charge in [0.1, 0.15) is 5.00 Å². The number of thiophene rings is 1. The lowest BCUT2D eigenvalue weighted by Crippen LogP contribution is -2.23. The molecule has 0 radical (unpaired) electrons. The van der Waals surface area contributed by atoms with Crippen LogP contribution in [0.25, 0.3) is 21.8 Å². The second-order valence-electron chi connectivity index (χ2n) is 7.29. The van der Waals surface area contributed by atoms with Gasteiger partial charge in [0.2, 0.25) is 5.91 Å². The molecule has 0 aliphatic rings. The number of anilines is 1. The number of thioether (sulfide) groups is 1. The Hall–Kier alpha value is -3.50. The van der Waals surface area contributed by atoms with E-state index in [1.54, 1.807) is 32.3 Å². The van der Waals surface area contributed by atoms with Gasteiger partial charge in [0.15, 0.2) is 11.0 Å². The molecule has 0 aliphatic heterocycles. The molecule has 4 rings (SSSR count). The zero-order valence-electron chi connectivity index (χ0n) is 18.9. The number of rotatable bonds is 8. The van der Waals surface area contributed by atoms with Crippen molar-refractivity contribution in [1.82, 2.24) is 19.7 Å². The number of nitrogens with one attached hydrogen (secondary N) is 1. The summed E-state index contributed by atoms with van der Waals surface area (Å²) >= 11 is 2.63. The van der Waals surface area contributed by atoms with Crippen molar-refractivity contribution in [3.8, 4) is 21.8 Å². The third-order valence-corrected chi connectivity index (χ3v) is 7.18. The van der Waals surface area contributed by atoms with Gasteiger partial charge in [0.25, 0.3) is 0 Å². The third-order valence-electron chi connectivity index (χ3n) is 4.95. The van der Waals surface area contributed by atoms with E-state index in [9.17, 15) is 9.59 Å². The molecule has 8 nitrogen and oxygen atoms in total. The summed E-state index contributed by atoms with van der Waals surface area (Å²) in [7, 11) is 1.85. The largest absolute Gasteiger partial charge is 0.462 e. The summed E-state index contributed by atoms with van der Waals surface area (Å²) in [6, 6.07) is 15.2. The molecular formula is C24H23N5O3S2. The molecule has 0 aliphatic carbocycles. The first-order valence-corrected chi connectivity index (χ1v) is 12.3. The number of esters is 1. The van der Waals surface area contributed by atoms with Crippen LogP contribution in [-0.4, -0.2) is 43.5 Å². The Morgan fingerprint density at radius 3 is 2.56 bits per heavy atom. The molecule has 1 atom stereocenters. The first-order valence-electron chi connectivity index (χ1n) is 10.6. The van der Waals surface area contributed by atoms with Gasteiger partial charge < -0.3 is 14.6 Å². The highest BCUT2D eigenvalue weighted by Gasteiger charge is 2.24. The zero-order valence-corrected chi connectivity index (χ0v) is 20.5. The Kier molecular flexibility index (Phi) is 7.39. The van der Waals surface area contributed by atoms with Crippen molar-refractivity contribution in [2.24, 2.45) is 7.05 Å². The summed E-state index contributed by atoms with van der Waals surface area (Å²) in [5.41, 5.74) is 2.19. The van der Waals surface area contributed by atoms with Crippen molar-refractivity contribution in [2.75, 3.05) is 11.9 Å². The normalized spacial score (nSPS) is 11.7. The van der Waals surface area contributed by atoms with Gasteiger partial charge in [-0.25, -0.2) is 4.79 Å². The molecule has 0 bridgehead atoms. The van der Waals surface area contributed by atoms with Crippen molar-refractivity contribution in [3.05, 3.63) is 66.5 Å². The van der Waals surface area contributed by atoms with Gasteiger partial charge >= 0.3 is 5.97 Å². The zero-order chi connectivity index (χ0) is 24.1. The molecule has 3 aromatic heterocycles. The molecule has 0 saturated heterocycles. The Morgan fingerprint density at radius 1 is 1.12 bits per heavy atom. The van der Waals surface area contributed by atoms with E-state index in [1.807, 2.05) is 54.1 Å². The fourth-order valence-corrected chi connectivity index (χ4v) is 5.05. The van der Waals surface area contributed by atoms with Crippen LogP contribution in [0, 0.1) is 0 Å². The van der Waals surface area contributed by atoms with Crippen LogP contribution in [-0.2, 0) is 16.6 Å². The van der Waals surface area contributed by atoms with Crippen LogP contribution in [0.15, 0.2) is 66.1 Å². The molecule has 0 fully saturated rings. The minimum absolute atomic E-state index is 0.245. The smallest absolute Gasteiger partial charge is 0.341 e. The van der Waals surface area contributed by atoms with Gasteiger partial charge in [-0.15, -0.1) is 21.5 Å². The van der Waals surface area contributed by atoms with Crippen molar-refractivity contribution < 1.29 is 14.3 Å². The van der Waals surface area contributed by atoms with E-state index in [0.717, 1.165) is 16.0 Å². The van der Waals surface area contributed by atoms with Crippen molar-refractivity contribution in [1.29, 1.82) is 0 Å². The molecule has 174 valence electrons. The molecule has 1 N–H and O–H groups in total. The van der Waals surface area contributed by atoms with Gasteiger partial charge in [0.05, 0.1) is 17.4 Å². The molecule has 4 aromatic rings. The molecular weight excluding hydrogens is 470 g/mol. The van der Waals surface area contributed by atoms with E-state index < -0.39 is 11.2 Å². The van der Waals surface area contributed by atoms with Gasteiger partial charge in [-0.05, 0) is 37.6 Å². The number of benzene rings is 1. The maximum Gasteiger partial charge on any atom is 0.341 e. The summed E-state index contributed by atoms with van der Waals surface area (Å²) in [6.07, 6.45) is 3.39. The SMILES string of the molecule is CCOC(=O)c1cc(-c2ccccc2)sc1NC(=O)[C@H](C)Sc1nnc(-c2ccncc2)n1C. The highest BCUT2D eigenvalue weighted by atomic mass is 32.2.